The van der Waals surface area contributed by atoms with Gasteiger partial charge in [0, 0.05) is 7.05 Å². The average molecular weight is 277 g/mol. The summed E-state index contributed by atoms with van der Waals surface area (Å²) in [6.07, 6.45) is 1.25. The molecule has 0 aliphatic carbocycles. The molecular formula is C12H27N3O2S. The Hall–Kier alpha value is -0.750. The number of nitrogens with zero attached hydrogens (tertiary/aromatic N) is 1. The first-order valence-corrected chi connectivity index (χ1v) is 6.60. The lowest BCUT2D eigenvalue weighted by atomic mass is 10.0. The van der Waals surface area contributed by atoms with Gasteiger partial charge in [0.1, 0.15) is 6.04 Å². The molecule has 1 unspecified atom stereocenters. The molecule has 1 atom stereocenters. The van der Waals surface area contributed by atoms with Crippen molar-refractivity contribution in [1.82, 2.24) is 14.9 Å². The first-order valence-electron chi connectivity index (χ1n) is 6.20. The highest BCUT2D eigenvalue weighted by molar-refractivity contribution is 7.77. The average Bonchev–Trinajstić information content (AvgIpc) is 2.24. The molecule has 0 radical (unpaired) electrons. The molecule has 0 spiro atoms. The van der Waals surface area contributed by atoms with Gasteiger partial charge in [-0.2, -0.15) is 0 Å². The summed E-state index contributed by atoms with van der Waals surface area (Å²) in [6.45, 7) is 8.17. The van der Waals surface area contributed by atoms with Crippen molar-refractivity contribution in [3.63, 3.8) is 0 Å². The van der Waals surface area contributed by atoms with E-state index in [-0.39, 0.29) is 24.3 Å². The van der Waals surface area contributed by atoms with E-state index in [0.29, 0.717) is 0 Å². The van der Waals surface area contributed by atoms with E-state index in [1.165, 1.54) is 10.7 Å². The molecule has 0 saturated heterocycles. The van der Waals surface area contributed by atoms with Crippen molar-refractivity contribution in [2.75, 3.05) is 20.6 Å². The van der Waals surface area contributed by atoms with Crippen LogP contribution < -0.4 is 10.6 Å². The Kier molecular flexibility index (Phi) is 12.3. The highest BCUT2D eigenvalue weighted by atomic mass is 32.1. The van der Waals surface area contributed by atoms with E-state index < -0.39 is 6.04 Å². The van der Waals surface area contributed by atoms with Crippen molar-refractivity contribution < 1.29 is 9.59 Å². The third-order valence-corrected chi connectivity index (χ3v) is 2.03. The summed E-state index contributed by atoms with van der Waals surface area (Å²) >= 11 is 3.96. The Balaban J connectivity index is 0. The van der Waals surface area contributed by atoms with Crippen LogP contribution in [0.15, 0.2) is 0 Å². The van der Waals surface area contributed by atoms with Gasteiger partial charge in [0.25, 0.3) is 0 Å². The van der Waals surface area contributed by atoms with Crippen LogP contribution in [0.1, 0.15) is 34.1 Å². The number of nitrogens with one attached hydrogen (secondary N) is 2. The summed E-state index contributed by atoms with van der Waals surface area (Å²) in [6, 6.07) is -0.490. The number of likely N-dealkylation sites (N-methyl/N-ethyl adjacent to an activating group) is 2. The lowest BCUT2D eigenvalue weighted by molar-refractivity contribution is -0.129. The molecule has 0 aliphatic rings. The fraction of sp³-hybridized carbons (Fsp3) is 0.833. The van der Waals surface area contributed by atoms with Crippen LogP contribution in [0, 0.1) is 5.92 Å². The van der Waals surface area contributed by atoms with Gasteiger partial charge in [0.2, 0.25) is 11.8 Å². The topological polar surface area (TPSA) is 61.4 Å². The van der Waals surface area contributed by atoms with E-state index in [2.05, 4.69) is 37.3 Å². The van der Waals surface area contributed by atoms with Crippen LogP contribution >= 0.6 is 12.8 Å². The first-order chi connectivity index (χ1) is 8.29. The Labute approximate surface area is 116 Å². The minimum absolute atomic E-state index is 0.0547. The SMILES string of the molecule is CCC.CNC(=O)C(NC(=O)CN(C)S)C(C)C. The van der Waals surface area contributed by atoms with E-state index in [0.717, 1.165) is 0 Å². The number of thiol groups is 1. The van der Waals surface area contributed by atoms with Crippen molar-refractivity contribution in [3.8, 4) is 0 Å². The number of hydrogen-bond donors (Lipinski definition) is 3. The molecule has 0 bridgehead atoms. The second-order valence-corrected chi connectivity index (χ2v) is 5.11. The molecule has 0 aliphatic heterocycles. The van der Waals surface area contributed by atoms with E-state index in [1.807, 2.05) is 13.8 Å². The molecule has 0 saturated carbocycles. The molecule has 2 amide bonds. The molecule has 2 N–H and O–H groups in total. The van der Waals surface area contributed by atoms with Crippen LogP contribution in [0.25, 0.3) is 0 Å². The number of amides is 2. The third-order valence-electron chi connectivity index (χ3n) is 1.88. The molecule has 18 heavy (non-hydrogen) atoms. The Morgan fingerprint density at radius 3 is 2.00 bits per heavy atom. The fourth-order valence-electron chi connectivity index (χ4n) is 1.12. The smallest absolute Gasteiger partial charge is 0.242 e. The highest BCUT2D eigenvalue weighted by Gasteiger charge is 2.22. The van der Waals surface area contributed by atoms with E-state index >= 15 is 0 Å². The van der Waals surface area contributed by atoms with Crippen LogP contribution in [-0.2, 0) is 9.59 Å². The summed E-state index contributed by atoms with van der Waals surface area (Å²) < 4.78 is 1.45. The van der Waals surface area contributed by atoms with Gasteiger partial charge in [-0.25, -0.2) is 4.31 Å². The van der Waals surface area contributed by atoms with Crippen molar-refractivity contribution in [2.45, 2.75) is 40.2 Å². The van der Waals surface area contributed by atoms with Crippen molar-refractivity contribution in [2.24, 2.45) is 5.92 Å². The fourth-order valence-corrected chi connectivity index (χ4v) is 1.25. The normalized spacial score (nSPS) is 11.6. The maximum absolute atomic E-state index is 11.4. The lowest BCUT2D eigenvalue weighted by Crippen LogP contribution is -2.50. The predicted octanol–water partition coefficient (Wildman–Crippen LogP) is 1.07. The van der Waals surface area contributed by atoms with Crippen LogP contribution in [0.2, 0.25) is 0 Å². The van der Waals surface area contributed by atoms with Gasteiger partial charge in [-0.05, 0) is 13.0 Å². The Morgan fingerprint density at radius 1 is 1.28 bits per heavy atom. The summed E-state index contributed by atoms with van der Waals surface area (Å²) in [5.74, 6) is -0.339. The number of carbonyl (C=O) groups is 2. The maximum Gasteiger partial charge on any atom is 0.242 e. The zero-order chi connectivity index (χ0) is 14.7. The highest BCUT2D eigenvalue weighted by Crippen LogP contribution is 2.01. The quantitative estimate of drug-likeness (QED) is 0.659. The zero-order valence-electron chi connectivity index (χ0n) is 12.3. The van der Waals surface area contributed by atoms with Crippen LogP contribution in [0.3, 0.4) is 0 Å². The second-order valence-electron chi connectivity index (χ2n) is 4.43. The van der Waals surface area contributed by atoms with Crippen LogP contribution in [0.5, 0.6) is 0 Å². The predicted molar refractivity (Wildman–Crippen MR) is 78.4 cm³/mol. The van der Waals surface area contributed by atoms with Gasteiger partial charge >= 0.3 is 0 Å². The summed E-state index contributed by atoms with van der Waals surface area (Å²) in [5, 5.41) is 5.18. The van der Waals surface area contributed by atoms with E-state index in [9.17, 15) is 9.59 Å². The van der Waals surface area contributed by atoms with Crippen molar-refractivity contribution in [1.29, 1.82) is 0 Å². The summed E-state index contributed by atoms with van der Waals surface area (Å²) in [5.41, 5.74) is 0. The standard InChI is InChI=1S/C9H19N3O2S.C3H8/c1-6(2)8(9(14)10-3)11-7(13)5-12(4)15;1-3-2/h6,8,15H,5H2,1-4H3,(H,10,14)(H,11,13);3H2,1-2H3. The molecule has 0 heterocycles. The number of rotatable bonds is 5. The molecule has 6 heteroatoms. The molecule has 0 aromatic heterocycles. The summed E-state index contributed by atoms with van der Waals surface area (Å²) in [7, 11) is 3.22. The second kappa shape index (κ2) is 11.3. The van der Waals surface area contributed by atoms with E-state index in [4.69, 9.17) is 0 Å². The van der Waals surface area contributed by atoms with Crippen molar-refractivity contribution in [3.05, 3.63) is 0 Å². The molecule has 0 rings (SSSR count). The molecule has 108 valence electrons. The minimum Gasteiger partial charge on any atom is -0.357 e. The molecular weight excluding hydrogens is 250 g/mol. The molecule has 0 aromatic rings. The monoisotopic (exact) mass is 277 g/mol. The van der Waals surface area contributed by atoms with Crippen molar-refractivity contribution >= 4 is 24.6 Å². The van der Waals surface area contributed by atoms with Gasteiger partial charge in [-0.3, -0.25) is 9.59 Å². The number of carbonyl (C=O) groups excluding carboxylic acids is 2. The molecule has 0 aromatic carbocycles. The number of hydrogen-bond acceptors (Lipinski definition) is 4. The van der Waals surface area contributed by atoms with Gasteiger partial charge in [-0.15, -0.1) is 0 Å². The van der Waals surface area contributed by atoms with Gasteiger partial charge in [-0.1, -0.05) is 46.9 Å². The largest absolute Gasteiger partial charge is 0.357 e. The summed E-state index contributed by atoms with van der Waals surface area (Å²) in [4.78, 5) is 22.8. The Bertz CT molecular complexity index is 245. The molecule has 0 fully saturated rings. The lowest BCUT2D eigenvalue weighted by Gasteiger charge is -2.21. The van der Waals surface area contributed by atoms with Gasteiger partial charge in [0.15, 0.2) is 0 Å². The third kappa shape index (κ3) is 10.4. The van der Waals surface area contributed by atoms with Gasteiger partial charge in [0.05, 0.1) is 6.54 Å². The minimum atomic E-state index is -0.490. The van der Waals surface area contributed by atoms with Crippen LogP contribution in [-0.4, -0.2) is 42.8 Å². The maximum atomic E-state index is 11.4. The van der Waals surface area contributed by atoms with E-state index in [1.54, 1.807) is 14.1 Å². The molecule has 5 nitrogen and oxygen atoms in total. The first kappa shape index (κ1) is 19.6. The Morgan fingerprint density at radius 2 is 1.72 bits per heavy atom. The zero-order valence-corrected chi connectivity index (χ0v) is 13.2. The van der Waals surface area contributed by atoms with Crippen LogP contribution in [0.4, 0.5) is 0 Å². The van der Waals surface area contributed by atoms with Gasteiger partial charge < -0.3 is 10.6 Å².